The Labute approximate surface area is 151 Å². The molecular weight excluding hydrogens is 356 g/mol. The summed E-state index contributed by atoms with van der Waals surface area (Å²) >= 11 is 1.53. The zero-order valence-electron chi connectivity index (χ0n) is 13.5. The zero-order valence-corrected chi connectivity index (χ0v) is 14.3. The van der Waals surface area contributed by atoms with E-state index in [1.807, 2.05) is 17.5 Å². The monoisotopic (exact) mass is 370 g/mol. The van der Waals surface area contributed by atoms with E-state index in [0.717, 1.165) is 15.2 Å². The summed E-state index contributed by atoms with van der Waals surface area (Å²) in [6.07, 6.45) is 3.29. The molecule has 0 radical (unpaired) electrons. The first kappa shape index (κ1) is 16.3. The van der Waals surface area contributed by atoms with Crippen molar-refractivity contribution in [3.05, 3.63) is 79.6 Å². The average Bonchev–Trinajstić information content (AvgIpc) is 3.38. The van der Waals surface area contributed by atoms with E-state index in [-0.39, 0.29) is 0 Å². The number of carbonyl (C=O) groups excluding carboxylic acids is 1. The molecule has 4 rings (SSSR count). The Morgan fingerprint density at radius 3 is 2.88 bits per heavy atom. The lowest BCUT2D eigenvalue weighted by atomic mass is 10.1. The van der Waals surface area contributed by atoms with Crippen LogP contribution in [0.2, 0.25) is 0 Å². The molecule has 9 heteroatoms. The van der Waals surface area contributed by atoms with Gasteiger partial charge in [-0.25, -0.2) is 9.80 Å². The molecule has 0 spiro atoms. The van der Waals surface area contributed by atoms with Crippen LogP contribution in [0.15, 0.2) is 67.3 Å². The van der Waals surface area contributed by atoms with E-state index in [4.69, 9.17) is 4.42 Å². The van der Waals surface area contributed by atoms with Crippen LogP contribution in [0, 0.1) is 0 Å². The molecule has 1 aliphatic rings. The third-order valence-corrected chi connectivity index (χ3v) is 5.00. The third kappa shape index (κ3) is 2.93. The number of carbonyl (C=O) groups is 1. The number of nitrogens with one attached hydrogen (secondary N) is 1. The molecule has 3 aromatic heterocycles. The van der Waals surface area contributed by atoms with E-state index in [1.165, 1.54) is 34.9 Å². The molecular formula is C17H14N4O4S. The molecule has 0 fully saturated rings. The summed E-state index contributed by atoms with van der Waals surface area (Å²) in [5, 5.41) is 7.68. The van der Waals surface area contributed by atoms with Gasteiger partial charge in [-0.15, -0.1) is 11.3 Å². The Kier molecular flexibility index (Phi) is 4.13. The van der Waals surface area contributed by atoms with E-state index in [0.29, 0.717) is 12.2 Å². The van der Waals surface area contributed by atoms with Crippen molar-refractivity contribution in [1.82, 2.24) is 14.6 Å². The van der Waals surface area contributed by atoms with Crippen molar-refractivity contribution < 1.29 is 9.21 Å². The van der Waals surface area contributed by atoms with Gasteiger partial charge in [0, 0.05) is 18.7 Å². The van der Waals surface area contributed by atoms with Gasteiger partial charge in [-0.05, 0) is 23.6 Å². The number of thiophene rings is 1. The van der Waals surface area contributed by atoms with Gasteiger partial charge in [0.05, 0.1) is 16.9 Å². The van der Waals surface area contributed by atoms with Gasteiger partial charge in [-0.2, -0.15) is 5.10 Å². The van der Waals surface area contributed by atoms with Gasteiger partial charge < -0.3 is 9.40 Å². The van der Waals surface area contributed by atoms with Gasteiger partial charge in [0.1, 0.15) is 18.3 Å². The summed E-state index contributed by atoms with van der Waals surface area (Å²) in [7, 11) is 0. The molecule has 0 bridgehead atoms. The van der Waals surface area contributed by atoms with Crippen LogP contribution in [-0.4, -0.2) is 26.2 Å². The first-order chi connectivity index (χ1) is 12.6. The van der Waals surface area contributed by atoms with Crippen molar-refractivity contribution in [2.45, 2.75) is 19.0 Å². The quantitative estimate of drug-likeness (QED) is 0.753. The molecule has 4 heterocycles. The molecule has 26 heavy (non-hydrogen) atoms. The summed E-state index contributed by atoms with van der Waals surface area (Å²) in [4.78, 5) is 39.9. The standard InChI is InChI=1S/C17H14N4O4S/c22-15-5-6-18-17(24)20(15)10-16(23)21-12(13-3-1-7-25-13)9-11(19-21)14-4-2-8-26-14/h1-8,12H,9-10H2,(H,18,24)/t12-/m1/s1. The van der Waals surface area contributed by atoms with Gasteiger partial charge in [0.15, 0.2) is 0 Å². The van der Waals surface area contributed by atoms with Gasteiger partial charge >= 0.3 is 5.69 Å². The highest BCUT2D eigenvalue weighted by Gasteiger charge is 2.35. The van der Waals surface area contributed by atoms with Gasteiger partial charge in [-0.1, -0.05) is 6.07 Å². The maximum absolute atomic E-state index is 12.8. The highest BCUT2D eigenvalue weighted by molar-refractivity contribution is 7.12. The predicted octanol–water partition coefficient (Wildman–Crippen LogP) is 1.57. The van der Waals surface area contributed by atoms with Crippen molar-refractivity contribution >= 4 is 23.0 Å². The van der Waals surface area contributed by atoms with Crippen LogP contribution in [0.3, 0.4) is 0 Å². The first-order valence-electron chi connectivity index (χ1n) is 7.89. The fourth-order valence-electron chi connectivity index (χ4n) is 2.84. The highest BCUT2D eigenvalue weighted by Crippen LogP contribution is 2.34. The van der Waals surface area contributed by atoms with Crippen molar-refractivity contribution in [3.63, 3.8) is 0 Å². The lowest BCUT2D eigenvalue weighted by Gasteiger charge is -2.20. The molecule has 1 N–H and O–H groups in total. The molecule has 0 aliphatic carbocycles. The number of H-pyrrole nitrogens is 1. The maximum Gasteiger partial charge on any atom is 0.328 e. The zero-order chi connectivity index (χ0) is 18.1. The Morgan fingerprint density at radius 1 is 1.31 bits per heavy atom. The van der Waals surface area contributed by atoms with Crippen molar-refractivity contribution in [2.75, 3.05) is 0 Å². The van der Waals surface area contributed by atoms with E-state index >= 15 is 0 Å². The summed E-state index contributed by atoms with van der Waals surface area (Å²) < 4.78 is 6.31. The van der Waals surface area contributed by atoms with Crippen LogP contribution in [0.1, 0.15) is 23.1 Å². The minimum absolute atomic E-state index is 0.395. The molecule has 1 atom stereocenters. The number of nitrogens with zero attached hydrogens (tertiary/aromatic N) is 3. The second kappa shape index (κ2) is 6.60. The molecule has 1 amide bonds. The second-order valence-corrected chi connectivity index (χ2v) is 6.65. The van der Waals surface area contributed by atoms with Crippen molar-refractivity contribution in [1.29, 1.82) is 0 Å². The van der Waals surface area contributed by atoms with Gasteiger partial charge in [0.2, 0.25) is 0 Å². The predicted molar refractivity (Wildman–Crippen MR) is 95.1 cm³/mol. The van der Waals surface area contributed by atoms with Crippen LogP contribution >= 0.6 is 11.3 Å². The van der Waals surface area contributed by atoms with Crippen LogP contribution in [0.25, 0.3) is 0 Å². The molecule has 8 nitrogen and oxygen atoms in total. The number of aromatic nitrogens is 2. The Hall–Kier alpha value is -3.20. The average molecular weight is 370 g/mol. The molecule has 0 saturated heterocycles. The van der Waals surface area contributed by atoms with E-state index in [9.17, 15) is 14.4 Å². The van der Waals surface area contributed by atoms with Crippen molar-refractivity contribution in [2.24, 2.45) is 5.10 Å². The minimum atomic E-state index is -0.637. The van der Waals surface area contributed by atoms with Gasteiger partial charge in [-0.3, -0.25) is 14.2 Å². The number of amides is 1. The fraction of sp³-hybridized carbons (Fsp3) is 0.176. The molecule has 132 valence electrons. The lowest BCUT2D eigenvalue weighted by Crippen LogP contribution is -2.40. The number of rotatable bonds is 4. The van der Waals surface area contributed by atoms with Crippen LogP contribution in [0.4, 0.5) is 0 Å². The lowest BCUT2D eigenvalue weighted by molar-refractivity contribution is -0.134. The number of aromatic amines is 1. The number of hydrazone groups is 1. The second-order valence-electron chi connectivity index (χ2n) is 5.70. The normalized spacial score (nSPS) is 16.7. The SMILES string of the molecule is O=C(Cn1c(=O)cc[nH]c1=O)N1N=C(c2cccs2)C[C@@H]1c1ccco1. The molecule has 0 aromatic carbocycles. The summed E-state index contributed by atoms with van der Waals surface area (Å²) in [6.45, 7) is -0.395. The first-order valence-corrected chi connectivity index (χ1v) is 8.77. The van der Waals surface area contributed by atoms with E-state index in [1.54, 1.807) is 12.1 Å². The Bertz CT molecular complexity index is 1030. The summed E-state index contributed by atoms with van der Waals surface area (Å²) in [5.74, 6) is 0.139. The largest absolute Gasteiger partial charge is 0.467 e. The molecule has 3 aromatic rings. The Balaban J connectivity index is 1.67. The fourth-order valence-corrected chi connectivity index (χ4v) is 3.57. The number of hydrogen-bond donors (Lipinski definition) is 1. The smallest absolute Gasteiger partial charge is 0.328 e. The van der Waals surface area contributed by atoms with Crippen LogP contribution in [-0.2, 0) is 11.3 Å². The van der Waals surface area contributed by atoms with Crippen molar-refractivity contribution in [3.8, 4) is 0 Å². The number of hydrogen-bond acceptors (Lipinski definition) is 6. The maximum atomic E-state index is 12.8. The summed E-state index contributed by atoms with van der Waals surface area (Å²) in [6, 6.07) is 8.16. The molecule has 0 unspecified atom stereocenters. The van der Waals surface area contributed by atoms with E-state index in [2.05, 4.69) is 10.1 Å². The van der Waals surface area contributed by atoms with Crippen LogP contribution in [0.5, 0.6) is 0 Å². The summed E-state index contributed by atoms with van der Waals surface area (Å²) in [5.41, 5.74) is -0.413. The molecule has 0 saturated carbocycles. The topological polar surface area (TPSA) is 101 Å². The van der Waals surface area contributed by atoms with Gasteiger partial charge in [0.25, 0.3) is 11.5 Å². The minimum Gasteiger partial charge on any atom is -0.467 e. The Morgan fingerprint density at radius 2 is 2.19 bits per heavy atom. The van der Waals surface area contributed by atoms with Crippen LogP contribution < -0.4 is 11.2 Å². The third-order valence-electron chi connectivity index (χ3n) is 4.08. The number of furan rings is 1. The van der Waals surface area contributed by atoms with E-state index < -0.39 is 29.7 Å². The highest BCUT2D eigenvalue weighted by atomic mass is 32.1. The molecule has 1 aliphatic heterocycles.